The predicted molar refractivity (Wildman–Crippen MR) is 113 cm³/mol. The Morgan fingerprint density at radius 1 is 1.22 bits per heavy atom. The minimum atomic E-state index is -4.54. The summed E-state index contributed by atoms with van der Waals surface area (Å²) in [6.45, 7) is 1.76. The molecule has 1 N–H and O–H groups in total. The van der Waals surface area contributed by atoms with E-state index >= 15 is 0 Å². The van der Waals surface area contributed by atoms with E-state index in [1.54, 1.807) is 31.2 Å². The number of thioether (sulfide) groups is 1. The average Bonchev–Trinajstić information content (AvgIpc) is 3.32. The van der Waals surface area contributed by atoms with E-state index in [0.29, 0.717) is 17.1 Å². The fourth-order valence-corrected chi connectivity index (χ4v) is 4.05. The fraction of sp³-hybridized carbons (Fsp3) is 0.182. The van der Waals surface area contributed by atoms with Crippen LogP contribution in [0.1, 0.15) is 18.1 Å². The summed E-state index contributed by atoms with van der Waals surface area (Å²) in [5.74, 6) is -0.0616. The Hall–Kier alpha value is -3.40. The van der Waals surface area contributed by atoms with Crippen LogP contribution in [0.25, 0.3) is 6.08 Å². The lowest BCUT2D eigenvalue weighted by Gasteiger charge is -2.07. The van der Waals surface area contributed by atoms with Crippen LogP contribution in [0, 0.1) is 0 Å². The van der Waals surface area contributed by atoms with E-state index in [9.17, 15) is 23.1 Å². The van der Waals surface area contributed by atoms with Gasteiger partial charge in [-0.05, 0) is 48.9 Å². The third-order valence-corrected chi connectivity index (χ3v) is 5.49. The first kappa shape index (κ1) is 21.8. The van der Waals surface area contributed by atoms with Crippen LogP contribution in [0.2, 0.25) is 0 Å². The Labute approximate surface area is 185 Å². The fourth-order valence-electron chi connectivity index (χ4n) is 3.02. The Bertz CT molecular complexity index is 1170. The highest BCUT2D eigenvalue weighted by atomic mass is 32.2. The maximum Gasteiger partial charge on any atom is 0.416 e. The summed E-state index contributed by atoms with van der Waals surface area (Å²) < 4.78 is 54.7. The molecular formula is C22H16F3NO5S. The van der Waals surface area contributed by atoms with E-state index in [2.05, 4.69) is 4.99 Å². The number of aliphatic imine (C=N–C) groups is 1. The maximum absolute atomic E-state index is 13.0. The second-order valence-electron chi connectivity index (χ2n) is 6.63. The summed E-state index contributed by atoms with van der Waals surface area (Å²) in [6.07, 6.45) is -2.93. The number of carbonyl (C=O) groups is 1. The van der Waals surface area contributed by atoms with Gasteiger partial charge in [-0.3, -0.25) is 0 Å². The second kappa shape index (κ2) is 8.62. The molecule has 2 aliphatic rings. The van der Waals surface area contributed by atoms with E-state index in [0.717, 1.165) is 23.9 Å². The van der Waals surface area contributed by atoms with Gasteiger partial charge in [0, 0.05) is 0 Å². The Kier molecular flexibility index (Phi) is 5.88. The van der Waals surface area contributed by atoms with Crippen molar-refractivity contribution in [2.75, 3.05) is 13.4 Å². The molecule has 2 aliphatic heterocycles. The molecule has 0 bridgehead atoms. The molecule has 0 amide bonds. The van der Waals surface area contributed by atoms with Crippen molar-refractivity contribution in [1.82, 2.24) is 0 Å². The van der Waals surface area contributed by atoms with E-state index in [4.69, 9.17) is 14.2 Å². The van der Waals surface area contributed by atoms with Crippen LogP contribution in [0.5, 0.6) is 11.5 Å². The quantitative estimate of drug-likeness (QED) is 0.593. The number of ether oxygens (including phenoxy) is 3. The molecule has 0 atom stereocenters. The van der Waals surface area contributed by atoms with Crippen LogP contribution < -0.4 is 9.47 Å². The molecule has 0 aliphatic carbocycles. The maximum atomic E-state index is 13.0. The second-order valence-corrected chi connectivity index (χ2v) is 7.66. The highest BCUT2D eigenvalue weighted by molar-refractivity contribution is 8.18. The number of aliphatic hydroxyl groups excluding tert-OH is 1. The molecule has 0 saturated carbocycles. The number of hydrogen-bond donors (Lipinski definition) is 1. The van der Waals surface area contributed by atoms with Crippen LogP contribution in [0.15, 0.2) is 63.7 Å². The van der Waals surface area contributed by atoms with Gasteiger partial charge in [0.25, 0.3) is 0 Å². The lowest BCUT2D eigenvalue weighted by Crippen LogP contribution is -2.13. The molecule has 2 aromatic carbocycles. The molecule has 2 heterocycles. The van der Waals surface area contributed by atoms with Gasteiger partial charge in [0.15, 0.2) is 11.5 Å². The van der Waals surface area contributed by atoms with E-state index in [-0.39, 0.29) is 40.4 Å². The molecule has 166 valence electrons. The molecule has 0 spiro atoms. The van der Waals surface area contributed by atoms with Crippen molar-refractivity contribution >= 4 is 34.5 Å². The zero-order valence-electron chi connectivity index (χ0n) is 16.6. The van der Waals surface area contributed by atoms with Crippen LogP contribution >= 0.6 is 11.8 Å². The highest BCUT2D eigenvalue weighted by Gasteiger charge is 2.34. The van der Waals surface area contributed by atoms with Gasteiger partial charge in [0.05, 0.1) is 22.8 Å². The Morgan fingerprint density at radius 3 is 2.75 bits per heavy atom. The van der Waals surface area contributed by atoms with Crippen molar-refractivity contribution in [3.63, 3.8) is 0 Å². The summed E-state index contributed by atoms with van der Waals surface area (Å²) in [7, 11) is 0. The topological polar surface area (TPSA) is 77.4 Å². The molecule has 0 saturated heterocycles. The van der Waals surface area contributed by atoms with Crippen LogP contribution in [-0.2, 0) is 15.7 Å². The predicted octanol–water partition coefficient (Wildman–Crippen LogP) is 5.63. The van der Waals surface area contributed by atoms with Crippen LogP contribution in [-0.4, -0.2) is 29.5 Å². The zero-order valence-corrected chi connectivity index (χ0v) is 17.4. The van der Waals surface area contributed by atoms with E-state index in [1.807, 2.05) is 0 Å². The van der Waals surface area contributed by atoms with Crippen molar-refractivity contribution in [3.05, 3.63) is 69.8 Å². The minimum absolute atomic E-state index is 0.0127. The van der Waals surface area contributed by atoms with Gasteiger partial charge in [-0.1, -0.05) is 23.9 Å². The Morgan fingerprint density at radius 2 is 2.00 bits per heavy atom. The number of carbonyl (C=O) groups excluding carboxylic acids is 1. The molecule has 0 aromatic heterocycles. The number of halogens is 3. The van der Waals surface area contributed by atoms with Gasteiger partial charge in [-0.15, -0.1) is 0 Å². The first-order valence-corrected chi connectivity index (χ1v) is 10.2. The zero-order chi connectivity index (χ0) is 22.9. The smallest absolute Gasteiger partial charge is 0.416 e. The molecule has 4 rings (SSSR count). The number of fused-ring (bicyclic) bond motifs is 1. The number of alkyl halides is 3. The summed E-state index contributed by atoms with van der Waals surface area (Å²) in [6, 6.07) is 9.54. The third kappa shape index (κ3) is 4.45. The molecule has 32 heavy (non-hydrogen) atoms. The van der Waals surface area contributed by atoms with Crippen molar-refractivity contribution < 1.29 is 37.3 Å². The molecule has 0 radical (unpaired) electrons. The van der Waals surface area contributed by atoms with E-state index in [1.165, 1.54) is 12.1 Å². The Balaban J connectivity index is 1.73. The summed E-state index contributed by atoms with van der Waals surface area (Å²) in [5, 5.41) is 10.7. The number of benzene rings is 2. The van der Waals surface area contributed by atoms with Gasteiger partial charge in [0.1, 0.15) is 16.4 Å². The van der Waals surface area contributed by atoms with Gasteiger partial charge in [-0.2, -0.15) is 13.2 Å². The lowest BCUT2D eigenvalue weighted by molar-refractivity contribution is -0.138. The lowest BCUT2D eigenvalue weighted by atomic mass is 10.1. The van der Waals surface area contributed by atoms with Crippen molar-refractivity contribution in [2.24, 2.45) is 4.99 Å². The highest BCUT2D eigenvalue weighted by Crippen LogP contribution is 2.42. The monoisotopic (exact) mass is 463 g/mol. The van der Waals surface area contributed by atoms with Crippen LogP contribution in [0.3, 0.4) is 0 Å². The summed E-state index contributed by atoms with van der Waals surface area (Å²) >= 11 is 0.950. The van der Waals surface area contributed by atoms with Crippen LogP contribution in [0.4, 0.5) is 18.9 Å². The van der Waals surface area contributed by atoms with Gasteiger partial charge in [0.2, 0.25) is 6.79 Å². The number of hydrogen-bond acceptors (Lipinski definition) is 7. The molecule has 6 nitrogen and oxygen atoms in total. The molecule has 0 unspecified atom stereocenters. The van der Waals surface area contributed by atoms with Gasteiger partial charge in [-0.25, -0.2) is 9.79 Å². The molecular weight excluding hydrogens is 447 g/mol. The van der Waals surface area contributed by atoms with Crippen molar-refractivity contribution in [2.45, 2.75) is 13.1 Å². The van der Waals surface area contributed by atoms with Crippen molar-refractivity contribution in [3.8, 4) is 11.5 Å². The van der Waals surface area contributed by atoms with Gasteiger partial charge >= 0.3 is 12.1 Å². The standard InChI is InChI=1S/C22H16F3NO5S/c1-2-29-21(28)18-19(27)17(9-12-6-7-15-16(8-12)31-11-30-15)32-20(18)26-14-5-3-4-13(10-14)22(23,24)25/h3-10,27H,2,11H2,1H3/b17-9+,26-20?. The molecule has 10 heteroatoms. The minimum Gasteiger partial charge on any atom is -0.506 e. The third-order valence-electron chi connectivity index (χ3n) is 4.47. The molecule has 0 fully saturated rings. The average molecular weight is 463 g/mol. The summed E-state index contributed by atoms with van der Waals surface area (Å²) in [5.41, 5.74) is -0.432. The normalized spacial score (nSPS) is 18.0. The summed E-state index contributed by atoms with van der Waals surface area (Å²) in [4.78, 5) is 16.9. The number of rotatable bonds is 4. The van der Waals surface area contributed by atoms with Crippen molar-refractivity contribution in [1.29, 1.82) is 0 Å². The number of esters is 1. The van der Waals surface area contributed by atoms with Gasteiger partial charge < -0.3 is 19.3 Å². The SMILES string of the molecule is CCOC(=O)C1=C(O)/C(=C\c2ccc3c(c2)OCO3)SC1=Nc1cccc(C(F)(F)F)c1. The molecule has 2 aromatic rings. The number of nitrogens with zero attached hydrogens (tertiary/aromatic N) is 1. The number of aliphatic hydroxyl groups is 1. The first-order valence-electron chi connectivity index (χ1n) is 9.42. The largest absolute Gasteiger partial charge is 0.506 e. The first-order chi connectivity index (χ1) is 15.3. The van der Waals surface area contributed by atoms with E-state index < -0.39 is 17.7 Å².